The minimum Gasteiger partial charge on any atom is -0.366 e. The number of halogens is 2. The van der Waals surface area contributed by atoms with Gasteiger partial charge in [0.1, 0.15) is 11.6 Å². The number of nitrogens with one attached hydrogen (secondary N) is 1. The third-order valence-corrected chi connectivity index (χ3v) is 2.54. The van der Waals surface area contributed by atoms with Crippen molar-refractivity contribution in [3.63, 3.8) is 0 Å². The summed E-state index contributed by atoms with van der Waals surface area (Å²) in [6.45, 7) is 2.00. The van der Waals surface area contributed by atoms with E-state index < -0.39 is 0 Å². The fraction of sp³-hybridized carbons (Fsp3) is 0.250. The van der Waals surface area contributed by atoms with Gasteiger partial charge in [-0.2, -0.15) is 10.1 Å². The highest BCUT2D eigenvalue weighted by Gasteiger charge is 2.05. The molecule has 0 aliphatic rings. The van der Waals surface area contributed by atoms with Crippen molar-refractivity contribution in [1.82, 2.24) is 15.2 Å². The van der Waals surface area contributed by atoms with Crippen LogP contribution >= 0.6 is 11.6 Å². The van der Waals surface area contributed by atoms with Gasteiger partial charge in [0.15, 0.2) is 0 Å². The summed E-state index contributed by atoms with van der Waals surface area (Å²) < 4.78 is 12.8. The molecule has 2 rings (SSSR count). The fourth-order valence-corrected chi connectivity index (χ4v) is 1.76. The molecule has 94 valence electrons. The predicted molar refractivity (Wildman–Crippen MR) is 68.0 cm³/mol. The van der Waals surface area contributed by atoms with Crippen LogP contribution in [0.4, 0.5) is 10.2 Å². The first-order valence-electron chi connectivity index (χ1n) is 5.49. The largest absolute Gasteiger partial charge is 0.366 e. The summed E-state index contributed by atoms with van der Waals surface area (Å²) in [6, 6.07) is 6.55. The number of hydrogen-bond acceptors (Lipinski definition) is 4. The zero-order valence-corrected chi connectivity index (χ0v) is 10.5. The first-order chi connectivity index (χ1) is 8.63. The molecule has 1 unspecified atom stereocenters. The molecule has 0 aliphatic carbocycles. The normalized spacial score (nSPS) is 12.2. The Morgan fingerprint density at radius 1 is 1.33 bits per heavy atom. The van der Waals surface area contributed by atoms with E-state index in [4.69, 9.17) is 11.6 Å². The molecule has 1 aromatic carbocycles. The molecule has 0 amide bonds. The average Bonchev–Trinajstić information content (AvgIpc) is 2.32. The predicted octanol–water partition coefficient (Wildman–Crippen LogP) is 2.71. The summed E-state index contributed by atoms with van der Waals surface area (Å²) in [7, 11) is 0. The Hall–Kier alpha value is -1.75. The van der Waals surface area contributed by atoms with Crippen molar-refractivity contribution in [3.8, 4) is 0 Å². The molecule has 18 heavy (non-hydrogen) atoms. The van der Waals surface area contributed by atoms with Gasteiger partial charge in [0.2, 0.25) is 5.28 Å². The number of nitrogens with zero attached hydrogens (tertiary/aromatic N) is 3. The van der Waals surface area contributed by atoms with Gasteiger partial charge in [-0.1, -0.05) is 12.1 Å². The van der Waals surface area contributed by atoms with Crippen LogP contribution in [0.5, 0.6) is 0 Å². The van der Waals surface area contributed by atoms with Gasteiger partial charge in [-0.15, -0.1) is 5.10 Å². The first-order valence-corrected chi connectivity index (χ1v) is 5.87. The standard InChI is InChI=1S/C12H12ClFN4/c1-8(6-9-2-4-10(14)5-3-9)16-11-7-15-18-12(13)17-11/h2-5,7-8H,6H2,1H3,(H,16,17,18). The monoisotopic (exact) mass is 266 g/mol. The van der Waals surface area contributed by atoms with E-state index in [0.717, 1.165) is 12.0 Å². The number of aromatic nitrogens is 3. The minimum absolute atomic E-state index is 0.106. The van der Waals surface area contributed by atoms with Crippen LogP contribution < -0.4 is 5.32 Å². The van der Waals surface area contributed by atoms with Gasteiger partial charge in [-0.3, -0.25) is 0 Å². The number of hydrogen-bond donors (Lipinski definition) is 1. The second-order valence-corrected chi connectivity index (χ2v) is 4.32. The van der Waals surface area contributed by atoms with Crippen molar-refractivity contribution in [2.45, 2.75) is 19.4 Å². The van der Waals surface area contributed by atoms with Crippen LogP contribution in [0.3, 0.4) is 0 Å². The van der Waals surface area contributed by atoms with Gasteiger partial charge in [0, 0.05) is 6.04 Å². The van der Waals surface area contributed by atoms with Crippen molar-refractivity contribution >= 4 is 17.4 Å². The maximum absolute atomic E-state index is 12.8. The van der Waals surface area contributed by atoms with E-state index in [1.807, 2.05) is 6.92 Å². The Morgan fingerprint density at radius 3 is 2.72 bits per heavy atom. The summed E-state index contributed by atoms with van der Waals surface area (Å²) >= 11 is 5.64. The molecule has 2 aromatic rings. The molecule has 4 nitrogen and oxygen atoms in total. The van der Waals surface area contributed by atoms with E-state index in [0.29, 0.717) is 5.82 Å². The fourth-order valence-electron chi connectivity index (χ4n) is 1.63. The van der Waals surface area contributed by atoms with E-state index in [9.17, 15) is 4.39 Å². The number of rotatable bonds is 4. The minimum atomic E-state index is -0.230. The molecule has 0 spiro atoms. The molecule has 6 heteroatoms. The molecule has 0 saturated heterocycles. The van der Waals surface area contributed by atoms with Gasteiger partial charge >= 0.3 is 0 Å². The third-order valence-electron chi connectivity index (χ3n) is 2.38. The SMILES string of the molecule is CC(Cc1ccc(F)cc1)Nc1cnnc(Cl)n1. The average molecular weight is 267 g/mol. The Kier molecular flexibility index (Phi) is 4.04. The molecular weight excluding hydrogens is 255 g/mol. The van der Waals surface area contributed by atoms with E-state index in [1.165, 1.54) is 18.3 Å². The van der Waals surface area contributed by atoms with E-state index >= 15 is 0 Å². The summed E-state index contributed by atoms with van der Waals surface area (Å²) in [5.41, 5.74) is 1.05. The molecule has 0 aliphatic heterocycles. The van der Waals surface area contributed by atoms with Crippen LogP contribution in [0, 0.1) is 5.82 Å². The second kappa shape index (κ2) is 5.73. The highest BCUT2D eigenvalue weighted by atomic mass is 35.5. The van der Waals surface area contributed by atoms with Crippen molar-refractivity contribution in [3.05, 3.63) is 47.1 Å². The van der Waals surface area contributed by atoms with Crippen molar-refractivity contribution in [2.24, 2.45) is 0 Å². The molecule has 0 saturated carbocycles. The third kappa shape index (κ3) is 3.63. The Balaban J connectivity index is 1.96. The van der Waals surface area contributed by atoms with Gasteiger partial charge in [0.25, 0.3) is 0 Å². The molecule has 1 aromatic heterocycles. The molecule has 1 N–H and O–H groups in total. The van der Waals surface area contributed by atoms with Gasteiger partial charge in [0.05, 0.1) is 6.20 Å². The zero-order chi connectivity index (χ0) is 13.0. The lowest BCUT2D eigenvalue weighted by atomic mass is 10.1. The smallest absolute Gasteiger partial charge is 0.244 e. The maximum atomic E-state index is 12.8. The van der Waals surface area contributed by atoms with Gasteiger partial charge in [-0.25, -0.2) is 4.39 Å². The number of benzene rings is 1. The Labute approximate surface area is 109 Å². The first kappa shape index (κ1) is 12.7. The van der Waals surface area contributed by atoms with Crippen LogP contribution in [0.15, 0.2) is 30.5 Å². The highest BCUT2D eigenvalue weighted by Crippen LogP contribution is 2.10. The summed E-state index contributed by atoms with van der Waals surface area (Å²) in [5.74, 6) is 0.343. The Morgan fingerprint density at radius 2 is 2.06 bits per heavy atom. The second-order valence-electron chi connectivity index (χ2n) is 3.99. The maximum Gasteiger partial charge on any atom is 0.244 e. The summed E-state index contributed by atoms with van der Waals surface area (Å²) in [4.78, 5) is 3.99. The lowest BCUT2D eigenvalue weighted by molar-refractivity contribution is 0.626. The quantitative estimate of drug-likeness (QED) is 0.924. The lowest BCUT2D eigenvalue weighted by Gasteiger charge is -2.14. The van der Waals surface area contributed by atoms with Gasteiger partial charge < -0.3 is 5.32 Å². The molecule has 1 atom stereocenters. The van der Waals surface area contributed by atoms with E-state index in [1.54, 1.807) is 12.1 Å². The van der Waals surface area contributed by atoms with Gasteiger partial charge in [-0.05, 0) is 42.6 Å². The molecular formula is C12H12ClFN4. The van der Waals surface area contributed by atoms with Crippen LogP contribution in [-0.2, 0) is 6.42 Å². The molecule has 1 heterocycles. The number of anilines is 1. The molecule has 0 bridgehead atoms. The summed E-state index contributed by atoms with van der Waals surface area (Å²) in [6.07, 6.45) is 2.26. The van der Waals surface area contributed by atoms with Crippen LogP contribution in [0.2, 0.25) is 5.28 Å². The lowest BCUT2D eigenvalue weighted by Crippen LogP contribution is -2.19. The van der Waals surface area contributed by atoms with Crippen LogP contribution in [-0.4, -0.2) is 21.2 Å². The van der Waals surface area contributed by atoms with E-state index in [-0.39, 0.29) is 17.1 Å². The Bertz CT molecular complexity index is 518. The molecule has 0 radical (unpaired) electrons. The summed E-state index contributed by atoms with van der Waals surface area (Å²) in [5, 5.41) is 10.5. The van der Waals surface area contributed by atoms with Crippen LogP contribution in [0.1, 0.15) is 12.5 Å². The topological polar surface area (TPSA) is 50.7 Å². The van der Waals surface area contributed by atoms with Crippen molar-refractivity contribution in [1.29, 1.82) is 0 Å². The van der Waals surface area contributed by atoms with Crippen LogP contribution in [0.25, 0.3) is 0 Å². The molecule has 0 fully saturated rings. The zero-order valence-electron chi connectivity index (χ0n) is 9.77. The highest BCUT2D eigenvalue weighted by molar-refractivity contribution is 6.28. The van der Waals surface area contributed by atoms with Crippen molar-refractivity contribution in [2.75, 3.05) is 5.32 Å². The van der Waals surface area contributed by atoms with Crippen molar-refractivity contribution < 1.29 is 4.39 Å². The van der Waals surface area contributed by atoms with E-state index in [2.05, 4.69) is 20.5 Å².